The number of thiazole rings is 1. The van der Waals surface area contributed by atoms with E-state index in [2.05, 4.69) is 15.1 Å². The van der Waals surface area contributed by atoms with Gasteiger partial charge in [0.2, 0.25) is 0 Å². The molecule has 0 aliphatic carbocycles. The Morgan fingerprint density at radius 1 is 1.23 bits per heavy atom. The molecular weight excluding hydrogens is 582 g/mol. The lowest BCUT2D eigenvalue weighted by molar-refractivity contribution is -0.134. The van der Waals surface area contributed by atoms with Gasteiger partial charge in [-0.15, -0.1) is 11.3 Å². The van der Waals surface area contributed by atoms with Crippen molar-refractivity contribution in [2.45, 2.75) is 37.0 Å². The number of ether oxygens (including phenoxy) is 2. The Kier molecular flexibility index (Phi) is 8.49. The molecule has 0 bridgehead atoms. The van der Waals surface area contributed by atoms with Gasteiger partial charge < -0.3 is 19.2 Å². The second-order valence-corrected chi connectivity index (χ2v) is 12.0. The number of halogens is 1. The summed E-state index contributed by atoms with van der Waals surface area (Å²) in [5.41, 5.74) is 2.16. The summed E-state index contributed by atoms with van der Waals surface area (Å²) >= 11 is 7.90. The van der Waals surface area contributed by atoms with Crippen molar-refractivity contribution >= 4 is 44.7 Å². The Morgan fingerprint density at radius 2 is 1.98 bits per heavy atom. The van der Waals surface area contributed by atoms with Crippen LogP contribution in [0.5, 0.6) is 11.8 Å². The number of rotatable bonds is 9. The Hall–Kier alpha value is -3.33. The van der Waals surface area contributed by atoms with Crippen molar-refractivity contribution in [2.75, 3.05) is 26.8 Å². The zero-order chi connectivity index (χ0) is 28.3. The van der Waals surface area contributed by atoms with Crippen LogP contribution >= 0.6 is 22.9 Å². The average molecular weight is 608 g/mol. The monoisotopic (exact) mass is 607 g/mol. The number of hydrogen-bond donors (Lipinski definition) is 1. The van der Waals surface area contributed by atoms with Gasteiger partial charge in [0.25, 0.3) is 27.8 Å². The molecule has 0 spiro atoms. The molecule has 1 N–H and O–H groups in total. The van der Waals surface area contributed by atoms with Gasteiger partial charge >= 0.3 is 0 Å². The molecule has 1 fully saturated rings. The van der Waals surface area contributed by atoms with Crippen LogP contribution < -0.4 is 9.47 Å². The van der Waals surface area contributed by atoms with Crippen molar-refractivity contribution < 1.29 is 32.1 Å². The van der Waals surface area contributed by atoms with Crippen molar-refractivity contribution in [2.24, 2.45) is 5.16 Å². The highest BCUT2D eigenvalue weighted by molar-refractivity contribution is 7.85. The lowest BCUT2D eigenvalue weighted by Crippen LogP contribution is -2.40. The number of oxime groups is 1. The van der Waals surface area contributed by atoms with Crippen LogP contribution in [0, 0.1) is 0 Å². The fourth-order valence-corrected chi connectivity index (χ4v) is 6.67. The van der Waals surface area contributed by atoms with E-state index in [1.54, 1.807) is 23.1 Å². The third-order valence-electron chi connectivity index (χ3n) is 6.65. The molecule has 4 heterocycles. The number of amides is 1. The van der Waals surface area contributed by atoms with E-state index in [-0.39, 0.29) is 30.2 Å². The van der Waals surface area contributed by atoms with E-state index < -0.39 is 22.0 Å². The molecule has 0 saturated carbocycles. The Morgan fingerprint density at radius 3 is 2.70 bits per heavy atom. The number of piperidine rings is 1. The molecule has 0 radical (unpaired) electrons. The maximum Gasteiger partial charge on any atom is 0.278 e. The van der Waals surface area contributed by atoms with E-state index in [1.807, 2.05) is 5.38 Å². The first-order chi connectivity index (χ1) is 19.2. The van der Waals surface area contributed by atoms with Crippen LogP contribution in [-0.4, -0.2) is 71.2 Å². The number of carbonyl (C=O) groups is 1. The Labute approximate surface area is 239 Å². The average Bonchev–Trinajstić information content (AvgIpc) is 3.62. The van der Waals surface area contributed by atoms with Crippen molar-refractivity contribution in [3.05, 3.63) is 62.8 Å². The number of aromatic nitrogens is 3. The summed E-state index contributed by atoms with van der Waals surface area (Å²) in [6, 6.07) is 4.85. The first-order valence-corrected chi connectivity index (χ1v) is 15.2. The van der Waals surface area contributed by atoms with Gasteiger partial charge in [-0.25, -0.2) is 15.0 Å². The third-order valence-corrected chi connectivity index (χ3v) is 8.66. The molecule has 1 amide bonds. The number of hydrogen-bond acceptors (Lipinski definition) is 11. The van der Waals surface area contributed by atoms with Gasteiger partial charge in [0.1, 0.15) is 11.5 Å². The lowest BCUT2D eigenvalue weighted by atomic mass is 9.97. The highest BCUT2D eigenvalue weighted by Crippen LogP contribution is 2.38. The summed E-state index contributed by atoms with van der Waals surface area (Å²) in [6.45, 7) is 1.00. The van der Waals surface area contributed by atoms with Gasteiger partial charge in [0, 0.05) is 53.8 Å². The Balaban J connectivity index is 1.16. The molecule has 2 aliphatic heterocycles. The first-order valence-electron chi connectivity index (χ1n) is 12.4. The minimum Gasteiger partial charge on any atom is -0.477 e. The van der Waals surface area contributed by atoms with Gasteiger partial charge in [-0.3, -0.25) is 9.35 Å². The second-order valence-electron chi connectivity index (χ2n) is 9.26. The zero-order valence-electron chi connectivity index (χ0n) is 21.4. The molecule has 15 heteroatoms. The van der Waals surface area contributed by atoms with E-state index in [4.69, 9.17) is 30.9 Å². The van der Waals surface area contributed by atoms with Crippen molar-refractivity contribution in [3.63, 3.8) is 0 Å². The Bertz CT molecular complexity index is 1520. The van der Waals surface area contributed by atoms with E-state index in [0.29, 0.717) is 47.1 Å². The highest BCUT2D eigenvalue weighted by Gasteiger charge is 2.31. The summed E-state index contributed by atoms with van der Waals surface area (Å²) < 4.78 is 42.9. The number of likely N-dealkylation sites (tertiary alicyclic amines) is 1. The smallest absolute Gasteiger partial charge is 0.278 e. The fourth-order valence-electron chi connectivity index (χ4n) is 4.70. The summed E-state index contributed by atoms with van der Waals surface area (Å²) in [5, 5.41) is 7.41. The van der Waals surface area contributed by atoms with Crippen molar-refractivity contribution in [1.82, 2.24) is 19.9 Å². The SMILES string of the molecule is COc1nccnc1OCC(=O)N1CCC(c2nc(C3=NOC(c4c(Cl)cccc4CS(=O)(=O)O)C3)cs2)CC1. The van der Waals surface area contributed by atoms with Crippen LogP contribution in [0.3, 0.4) is 0 Å². The summed E-state index contributed by atoms with van der Waals surface area (Å²) in [4.78, 5) is 32.9. The van der Waals surface area contributed by atoms with E-state index >= 15 is 0 Å². The van der Waals surface area contributed by atoms with Crippen LogP contribution in [0.1, 0.15) is 53.1 Å². The molecule has 2 aromatic heterocycles. The van der Waals surface area contributed by atoms with E-state index in [9.17, 15) is 17.8 Å². The molecule has 1 atom stereocenters. The van der Waals surface area contributed by atoms with Crippen molar-refractivity contribution in [3.8, 4) is 11.8 Å². The van der Waals surface area contributed by atoms with Gasteiger partial charge in [0.05, 0.1) is 17.8 Å². The molecule has 2 aliphatic rings. The normalized spacial score (nSPS) is 17.8. The molecule has 1 saturated heterocycles. The first kappa shape index (κ1) is 28.2. The number of benzene rings is 1. The van der Waals surface area contributed by atoms with E-state index in [0.717, 1.165) is 17.8 Å². The molecule has 1 aromatic carbocycles. The largest absolute Gasteiger partial charge is 0.477 e. The minimum absolute atomic E-state index is 0.137. The second kappa shape index (κ2) is 12.0. The topological polar surface area (TPSA) is 153 Å². The number of carbonyl (C=O) groups excluding carboxylic acids is 1. The predicted octanol–water partition coefficient (Wildman–Crippen LogP) is 3.63. The molecule has 12 nitrogen and oxygen atoms in total. The standard InChI is InChI=1S/C25H26ClN5O7S2/c1-36-23-24(28-8-7-27-23)37-12-21(32)31-9-5-15(6-10-31)25-29-19(13-39-25)18-11-20(38-30-18)22-16(14-40(33,34)35)3-2-4-17(22)26/h2-4,7-8,13,15,20H,5-6,9-12,14H2,1H3,(H,33,34,35). The molecule has 3 aromatic rings. The lowest BCUT2D eigenvalue weighted by Gasteiger charge is -2.31. The molecular formula is C25H26ClN5O7S2. The molecule has 1 unspecified atom stereocenters. The maximum absolute atomic E-state index is 12.7. The summed E-state index contributed by atoms with van der Waals surface area (Å²) in [5.74, 6) is -0.105. The van der Waals surface area contributed by atoms with Crippen LogP contribution in [0.25, 0.3) is 0 Å². The third kappa shape index (κ3) is 6.52. The van der Waals surface area contributed by atoms with Crippen LogP contribution in [0.2, 0.25) is 5.02 Å². The number of methoxy groups -OCH3 is 1. The summed E-state index contributed by atoms with van der Waals surface area (Å²) in [7, 11) is -2.79. The van der Waals surface area contributed by atoms with Crippen molar-refractivity contribution in [1.29, 1.82) is 0 Å². The number of nitrogens with zero attached hydrogens (tertiary/aromatic N) is 5. The molecule has 212 valence electrons. The maximum atomic E-state index is 12.7. The summed E-state index contributed by atoms with van der Waals surface area (Å²) in [6.07, 6.45) is 4.24. The predicted molar refractivity (Wildman–Crippen MR) is 146 cm³/mol. The van der Waals surface area contributed by atoms with Gasteiger partial charge in [-0.2, -0.15) is 8.42 Å². The fraction of sp³-hybridized carbons (Fsp3) is 0.400. The van der Waals surface area contributed by atoms with Gasteiger partial charge in [0.15, 0.2) is 12.7 Å². The molecule has 5 rings (SSSR count). The van der Waals surface area contributed by atoms with Crippen LogP contribution in [0.4, 0.5) is 0 Å². The molecule has 40 heavy (non-hydrogen) atoms. The van der Waals surface area contributed by atoms with Gasteiger partial charge in [-0.05, 0) is 24.5 Å². The van der Waals surface area contributed by atoms with Crippen LogP contribution in [0.15, 0.2) is 41.1 Å². The van der Waals surface area contributed by atoms with E-state index in [1.165, 1.54) is 30.8 Å². The quantitative estimate of drug-likeness (QED) is 0.357. The minimum atomic E-state index is -4.25. The zero-order valence-corrected chi connectivity index (χ0v) is 23.8. The highest BCUT2D eigenvalue weighted by atomic mass is 35.5. The van der Waals surface area contributed by atoms with Crippen LogP contribution in [-0.2, 0) is 25.5 Å². The van der Waals surface area contributed by atoms with Gasteiger partial charge in [-0.1, -0.05) is 28.9 Å².